The van der Waals surface area contributed by atoms with Gasteiger partial charge in [0.1, 0.15) is 0 Å². The smallest absolute Gasteiger partial charge is 0.0701 e. The third kappa shape index (κ3) is 19.0. The molecule has 0 heterocycles. The molecule has 0 aliphatic heterocycles. The number of ether oxygens (including phenoxy) is 5. The second-order valence-corrected chi connectivity index (χ2v) is 7.14. The Balaban J connectivity index is 1.65. The van der Waals surface area contributed by atoms with Crippen LogP contribution in [-0.2, 0) is 30.1 Å². The van der Waals surface area contributed by atoms with Crippen molar-refractivity contribution in [1.29, 1.82) is 0 Å². The van der Waals surface area contributed by atoms with Crippen LogP contribution in [0.15, 0.2) is 30.3 Å². The Morgan fingerprint density at radius 1 is 0.467 bits per heavy atom. The van der Waals surface area contributed by atoms with Crippen LogP contribution in [0.1, 0.15) is 44.1 Å². The van der Waals surface area contributed by atoms with Crippen molar-refractivity contribution in [2.75, 3.05) is 72.7 Å². The first-order valence-corrected chi connectivity index (χ1v) is 11.5. The first kappa shape index (κ1) is 27.0. The molecule has 0 aromatic heterocycles. The molecule has 0 fully saturated rings. The highest BCUT2D eigenvalue weighted by Gasteiger charge is 1.96. The van der Waals surface area contributed by atoms with Crippen LogP contribution in [0.4, 0.5) is 0 Å². The van der Waals surface area contributed by atoms with Crippen LogP contribution >= 0.6 is 0 Å². The van der Waals surface area contributed by atoms with Crippen LogP contribution in [0.5, 0.6) is 0 Å². The molecule has 0 spiro atoms. The fourth-order valence-corrected chi connectivity index (χ4v) is 2.93. The second-order valence-electron chi connectivity index (χ2n) is 7.14. The van der Waals surface area contributed by atoms with E-state index in [0.29, 0.717) is 59.5 Å². The Bertz CT molecular complexity index is 443. The predicted octanol–water partition coefficient (Wildman–Crippen LogP) is 3.65. The number of hydrogen-bond acceptors (Lipinski definition) is 6. The molecular weight excluding hydrogens is 384 g/mol. The molecule has 0 atom stereocenters. The Morgan fingerprint density at radius 3 is 1.43 bits per heavy atom. The molecule has 1 aromatic carbocycles. The van der Waals surface area contributed by atoms with Crippen LogP contribution in [0.3, 0.4) is 0 Å². The van der Waals surface area contributed by atoms with Gasteiger partial charge in [0, 0.05) is 6.61 Å². The van der Waals surface area contributed by atoms with Crippen molar-refractivity contribution in [3.63, 3.8) is 0 Å². The quantitative estimate of drug-likeness (QED) is 0.270. The van der Waals surface area contributed by atoms with Crippen molar-refractivity contribution in [2.24, 2.45) is 0 Å². The Hall–Kier alpha value is -1.02. The van der Waals surface area contributed by atoms with E-state index in [-0.39, 0.29) is 6.61 Å². The molecule has 1 rings (SSSR count). The van der Waals surface area contributed by atoms with Crippen molar-refractivity contribution < 1.29 is 28.8 Å². The molecule has 1 N–H and O–H groups in total. The lowest BCUT2D eigenvalue weighted by Gasteiger charge is -2.08. The van der Waals surface area contributed by atoms with E-state index in [0.717, 1.165) is 13.0 Å². The van der Waals surface area contributed by atoms with Crippen molar-refractivity contribution >= 4 is 0 Å². The molecule has 30 heavy (non-hydrogen) atoms. The molecule has 0 bridgehead atoms. The van der Waals surface area contributed by atoms with Gasteiger partial charge in [0.15, 0.2) is 0 Å². The van der Waals surface area contributed by atoms with E-state index in [2.05, 4.69) is 30.3 Å². The lowest BCUT2D eigenvalue weighted by molar-refractivity contribution is -0.0134. The molecule has 6 nitrogen and oxygen atoms in total. The lowest BCUT2D eigenvalue weighted by atomic mass is 10.1. The summed E-state index contributed by atoms with van der Waals surface area (Å²) in [5, 5.41) is 8.55. The minimum Gasteiger partial charge on any atom is -0.394 e. The zero-order chi connectivity index (χ0) is 21.4. The van der Waals surface area contributed by atoms with Crippen molar-refractivity contribution in [3.05, 3.63) is 35.9 Å². The van der Waals surface area contributed by atoms with Crippen LogP contribution in [0.2, 0.25) is 0 Å². The first-order valence-electron chi connectivity index (χ1n) is 11.5. The van der Waals surface area contributed by atoms with Gasteiger partial charge in [-0.3, -0.25) is 0 Å². The Kier molecular flexibility index (Phi) is 20.4. The SMILES string of the molecule is OCCOCCOCCOCCOCCOCCCCCCCCc1ccccc1. The van der Waals surface area contributed by atoms with Crippen LogP contribution < -0.4 is 0 Å². The summed E-state index contributed by atoms with van der Waals surface area (Å²) in [5.41, 5.74) is 1.45. The maximum Gasteiger partial charge on any atom is 0.0701 e. The largest absolute Gasteiger partial charge is 0.394 e. The molecule has 0 radical (unpaired) electrons. The third-order valence-corrected chi connectivity index (χ3v) is 4.57. The summed E-state index contributed by atoms with van der Waals surface area (Å²) in [7, 11) is 0. The van der Waals surface area contributed by atoms with Crippen LogP contribution in [-0.4, -0.2) is 77.8 Å². The monoisotopic (exact) mass is 426 g/mol. The van der Waals surface area contributed by atoms with E-state index in [9.17, 15) is 0 Å². The van der Waals surface area contributed by atoms with Gasteiger partial charge in [-0.15, -0.1) is 0 Å². The van der Waals surface area contributed by atoms with E-state index in [1.165, 1.54) is 44.1 Å². The highest BCUT2D eigenvalue weighted by Crippen LogP contribution is 2.09. The average molecular weight is 427 g/mol. The zero-order valence-corrected chi connectivity index (χ0v) is 18.6. The molecule has 0 unspecified atom stereocenters. The highest BCUT2D eigenvalue weighted by atomic mass is 16.6. The maximum atomic E-state index is 8.55. The van der Waals surface area contributed by atoms with Gasteiger partial charge < -0.3 is 28.8 Å². The molecule has 0 aliphatic carbocycles. The van der Waals surface area contributed by atoms with Crippen LogP contribution in [0, 0.1) is 0 Å². The summed E-state index contributed by atoms with van der Waals surface area (Å²) in [6.45, 7) is 5.73. The third-order valence-electron chi connectivity index (χ3n) is 4.57. The number of aliphatic hydroxyl groups is 1. The van der Waals surface area contributed by atoms with Gasteiger partial charge in [-0.2, -0.15) is 0 Å². The normalized spacial score (nSPS) is 11.2. The fourth-order valence-electron chi connectivity index (χ4n) is 2.93. The number of rotatable bonds is 23. The molecule has 0 amide bonds. The number of hydrogen-bond donors (Lipinski definition) is 1. The maximum absolute atomic E-state index is 8.55. The molecular formula is C24H42O6. The van der Waals surface area contributed by atoms with Gasteiger partial charge in [-0.25, -0.2) is 0 Å². The molecule has 0 saturated carbocycles. The number of aliphatic hydroxyl groups excluding tert-OH is 1. The van der Waals surface area contributed by atoms with Crippen LogP contribution in [0.25, 0.3) is 0 Å². The van der Waals surface area contributed by atoms with Crippen molar-refractivity contribution in [3.8, 4) is 0 Å². The van der Waals surface area contributed by atoms with Crippen molar-refractivity contribution in [2.45, 2.75) is 44.9 Å². The molecule has 1 aromatic rings. The Morgan fingerprint density at radius 2 is 0.900 bits per heavy atom. The number of unbranched alkanes of at least 4 members (excludes halogenated alkanes) is 5. The zero-order valence-electron chi connectivity index (χ0n) is 18.6. The van der Waals surface area contributed by atoms with E-state index < -0.39 is 0 Å². The Labute approximate surface area is 182 Å². The summed E-state index contributed by atoms with van der Waals surface area (Å²) in [6, 6.07) is 10.7. The lowest BCUT2D eigenvalue weighted by Crippen LogP contribution is -2.13. The molecule has 6 heteroatoms. The van der Waals surface area contributed by atoms with E-state index >= 15 is 0 Å². The minimum absolute atomic E-state index is 0.0457. The van der Waals surface area contributed by atoms with Crippen molar-refractivity contribution in [1.82, 2.24) is 0 Å². The summed E-state index contributed by atoms with van der Waals surface area (Å²) in [5.74, 6) is 0. The second kappa shape index (κ2) is 22.7. The van der Waals surface area contributed by atoms with Gasteiger partial charge in [0.2, 0.25) is 0 Å². The van der Waals surface area contributed by atoms with Gasteiger partial charge in [-0.1, -0.05) is 56.0 Å². The fraction of sp³-hybridized carbons (Fsp3) is 0.750. The summed E-state index contributed by atoms with van der Waals surface area (Å²) in [4.78, 5) is 0. The first-order chi connectivity index (χ1) is 14.9. The summed E-state index contributed by atoms with van der Waals surface area (Å²) >= 11 is 0. The van der Waals surface area contributed by atoms with E-state index in [1.807, 2.05) is 0 Å². The predicted molar refractivity (Wildman–Crippen MR) is 119 cm³/mol. The van der Waals surface area contributed by atoms with Gasteiger partial charge in [0.05, 0.1) is 66.1 Å². The number of benzene rings is 1. The van der Waals surface area contributed by atoms with E-state index in [1.54, 1.807) is 0 Å². The molecule has 0 saturated heterocycles. The number of aryl methyl sites for hydroxylation is 1. The highest BCUT2D eigenvalue weighted by molar-refractivity contribution is 5.14. The molecule has 174 valence electrons. The summed E-state index contributed by atoms with van der Waals surface area (Å²) < 4.78 is 26.9. The minimum atomic E-state index is 0.0457. The van der Waals surface area contributed by atoms with Gasteiger partial charge in [-0.05, 0) is 24.8 Å². The average Bonchev–Trinajstić information content (AvgIpc) is 2.78. The van der Waals surface area contributed by atoms with E-state index in [4.69, 9.17) is 28.8 Å². The molecule has 0 aliphatic rings. The van der Waals surface area contributed by atoms with Gasteiger partial charge in [0.25, 0.3) is 0 Å². The summed E-state index contributed by atoms with van der Waals surface area (Å²) in [6.07, 6.45) is 8.79. The topological polar surface area (TPSA) is 66.4 Å². The van der Waals surface area contributed by atoms with Gasteiger partial charge >= 0.3 is 0 Å². The standard InChI is InChI=1S/C24H42O6/c25-13-15-27-17-19-29-21-23-30-22-20-28-18-16-26-14-9-4-2-1-3-6-10-24-11-7-5-8-12-24/h5,7-8,11-12,25H,1-4,6,9-10,13-23H2.